The summed E-state index contributed by atoms with van der Waals surface area (Å²) in [5, 5.41) is 11.3. The quantitative estimate of drug-likeness (QED) is 0.199. The van der Waals surface area contributed by atoms with Crippen LogP contribution in [0.4, 0.5) is 5.69 Å². The Morgan fingerprint density at radius 1 is 1.10 bits per heavy atom. The van der Waals surface area contributed by atoms with Gasteiger partial charge in [0.25, 0.3) is 0 Å². The molecule has 0 amide bonds. The molecule has 0 aliphatic rings. The molecule has 0 unspecified atom stereocenters. The van der Waals surface area contributed by atoms with E-state index in [1.54, 1.807) is 38.3 Å². The first-order valence-corrected chi connectivity index (χ1v) is 10.0. The molecular weight excluding hydrogens is 402 g/mol. The Bertz CT molecular complexity index is 1120. The number of nitro benzene ring substituents is 1. The minimum Gasteiger partial charge on any atom is -0.496 e. The third-order valence-electron chi connectivity index (χ3n) is 4.41. The fourth-order valence-corrected chi connectivity index (χ4v) is 3.67. The van der Waals surface area contributed by atoms with Crippen molar-refractivity contribution in [2.75, 3.05) is 7.11 Å². The smallest absolute Gasteiger partial charge is 0.311 e. The molecule has 0 bridgehead atoms. The summed E-state index contributed by atoms with van der Waals surface area (Å²) in [6, 6.07) is 14.0. The zero-order valence-corrected chi connectivity index (χ0v) is 17.7. The second-order valence-electron chi connectivity index (χ2n) is 6.70. The molecule has 1 aromatic heterocycles. The van der Waals surface area contributed by atoms with Crippen LogP contribution in [-0.4, -0.2) is 17.8 Å². The summed E-state index contributed by atoms with van der Waals surface area (Å²) >= 11 is 1.45. The second kappa shape index (κ2) is 9.37. The Kier molecular flexibility index (Phi) is 6.64. The number of aryl methyl sites for hydroxylation is 2. The minimum atomic E-state index is -0.462. The van der Waals surface area contributed by atoms with Crippen molar-refractivity contribution >= 4 is 28.9 Å². The molecule has 0 fully saturated rings. The average Bonchev–Trinajstić information content (AvgIpc) is 3.17. The predicted octanol–water partition coefficient (Wildman–Crippen LogP) is 5.76. The fraction of sp³-hybridized carbons (Fsp3) is 0.174. The third kappa shape index (κ3) is 5.12. The van der Waals surface area contributed by atoms with Crippen LogP contribution in [0.2, 0.25) is 0 Å². The van der Waals surface area contributed by atoms with E-state index in [1.807, 2.05) is 31.2 Å². The van der Waals surface area contributed by atoms with Crippen LogP contribution in [0.3, 0.4) is 0 Å². The van der Waals surface area contributed by atoms with Crippen molar-refractivity contribution in [2.45, 2.75) is 20.5 Å². The van der Waals surface area contributed by atoms with Crippen LogP contribution in [0.1, 0.15) is 31.2 Å². The van der Waals surface area contributed by atoms with Gasteiger partial charge in [-0.3, -0.25) is 14.9 Å². The number of allylic oxidation sites excluding steroid dienone is 1. The van der Waals surface area contributed by atoms with Gasteiger partial charge in [0.2, 0.25) is 0 Å². The minimum absolute atomic E-state index is 0.0583. The van der Waals surface area contributed by atoms with Gasteiger partial charge in [-0.25, -0.2) is 0 Å². The first kappa shape index (κ1) is 21.3. The molecule has 0 spiro atoms. The van der Waals surface area contributed by atoms with Gasteiger partial charge in [-0.1, -0.05) is 18.2 Å². The van der Waals surface area contributed by atoms with Gasteiger partial charge >= 0.3 is 5.69 Å². The second-order valence-corrected chi connectivity index (χ2v) is 7.98. The number of ketones is 1. The molecule has 0 saturated carbocycles. The molecular formula is C23H21NO5S. The number of hydrogen-bond acceptors (Lipinski definition) is 6. The van der Waals surface area contributed by atoms with Crippen molar-refractivity contribution in [2.24, 2.45) is 0 Å². The Morgan fingerprint density at radius 3 is 2.53 bits per heavy atom. The van der Waals surface area contributed by atoms with E-state index in [-0.39, 0.29) is 23.8 Å². The van der Waals surface area contributed by atoms with Gasteiger partial charge in [-0.05, 0) is 61.4 Å². The molecule has 6 nitrogen and oxygen atoms in total. The maximum absolute atomic E-state index is 12.3. The van der Waals surface area contributed by atoms with E-state index >= 15 is 0 Å². The van der Waals surface area contributed by atoms with Crippen molar-refractivity contribution in [3.63, 3.8) is 0 Å². The number of carbonyl (C=O) groups is 1. The van der Waals surface area contributed by atoms with Crippen LogP contribution < -0.4 is 9.47 Å². The first-order valence-electron chi connectivity index (χ1n) is 9.21. The number of nitrogens with zero attached hydrogens (tertiary/aromatic N) is 1. The first-order chi connectivity index (χ1) is 14.4. The van der Waals surface area contributed by atoms with Crippen LogP contribution in [0.5, 0.6) is 11.5 Å². The van der Waals surface area contributed by atoms with Crippen LogP contribution in [0.15, 0.2) is 54.6 Å². The number of carbonyl (C=O) groups excluding carboxylic acids is 1. The van der Waals surface area contributed by atoms with Gasteiger partial charge in [0.1, 0.15) is 12.4 Å². The highest BCUT2D eigenvalue weighted by Gasteiger charge is 2.16. The van der Waals surface area contributed by atoms with Crippen molar-refractivity contribution in [3.8, 4) is 11.5 Å². The summed E-state index contributed by atoms with van der Waals surface area (Å²) in [6.07, 6.45) is 3.26. The monoisotopic (exact) mass is 423 g/mol. The largest absolute Gasteiger partial charge is 0.496 e. The Labute approximate surface area is 178 Å². The van der Waals surface area contributed by atoms with E-state index in [0.717, 1.165) is 16.0 Å². The van der Waals surface area contributed by atoms with Crippen molar-refractivity contribution in [1.29, 1.82) is 0 Å². The van der Waals surface area contributed by atoms with E-state index in [1.165, 1.54) is 23.5 Å². The summed E-state index contributed by atoms with van der Waals surface area (Å²) in [6.45, 7) is 3.83. The molecule has 0 N–H and O–H groups in total. The van der Waals surface area contributed by atoms with Gasteiger partial charge in [-0.2, -0.15) is 0 Å². The highest BCUT2D eigenvalue weighted by Crippen LogP contribution is 2.30. The highest BCUT2D eigenvalue weighted by molar-refractivity contribution is 7.14. The lowest BCUT2D eigenvalue weighted by Gasteiger charge is -2.11. The molecule has 7 heteroatoms. The van der Waals surface area contributed by atoms with Crippen LogP contribution in [0, 0.1) is 24.0 Å². The topological polar surface area (TPSA) is 78.7 Å². The van der Waals surface area contributed by atoms with Gasteiger partial charge in [-0.15, -0.1) is 11.3 Å². The van der Waals surface area contributed by atoms with Crippen molar-refractivity contribution in [3.05, 3.63) is 91.2 Å². The predicted molar refractivity (Wildman–Crippen MR) is 118 cm³/mol. The van der Waals surface area contributed by atoms with Gasteiger partial charge in [0.05, 0.1) is 16.9 Å². The molecule has 154 valence electrons. The number of rotatable bonds is 8. The molecule has 3 rings (SSSR count). The summed E-state index contributed by atoms with van der Waals surface area (Å²) in [5.41, 5.74) is 2.22. The lowest BCUT2D eigenvalue weighted by molar-refractivity contribution is -0.386. The average molecular weight is 423 g/mol. The molecule has 1 heterocycles. The maximum Gasteiger partial charge on any atom is 0.311 e. The fourth-order valence-electron chi connectivity index (χ4n) is 2.88. The molecule has 0 aliphatic carbocycles. The van der Waals surface area contributed by atoms with Crippen LogP contribution in [-0.2, 0) is 6.61 Å². The number of thiophene rings is 1. The number of methoxy groups -OCH3 is 1. The lowest BCUT2D eigenvalue weighted by atomic mass is 10.1. The van der Waals surface area contributed by atoms with Gasteiger partial charge in [0, 0.05) is 16.5 Å². The number of benzene rings is 2. The van der Waals surface area contributed by atoms with Crippen molar-refractivity contribution < 1.29 is 19.2 Å². The SMILES string of the molecule is COc1ccc(/C=C/C(=O)c2ccc(C)s2)cc1COc1ccc(C)cc1[N+](=O)[O-]. The molecule has 0 atom stereocenters. The molecule has 0 radical (unpaired) electrons. The normalized spacial score (nSPS) is 10.9. The maximum atomic E-state index is 12.3. The summed E-state index contributed by atoms with van der Waals surface area (Å²) < 4.78 is 11.1. The highest BCUT2D eigenvalue weighted by atomic mass is 32.1. The van der Waals surface area contributed by atoms with Crippen molar-refractivity contribution in [1.82, 2.24) is 0 Å². The Hall–Kier alpha value is -3.45. The number of hydrogen-bond donors (Lipinski definition) is 0. The summed E-state index contributed by atoms with van der Waals surface area (Å²) in [4.78, 5) is 24.9. The van der Waals surface area contributed by atoms with Gasteiger partial charge in [0.15, 0.2) is 11.5 Å². The number of ether oxygens (including phenoxy) is 2. The van der Waals surface area contributed by atoms with E-state index in [0.29, 0.717) is 16.2 Å². The van der Waals surface area contributed by atoms with Gasteiger partial charge < -0.3 is 9.47 Å². The van der Waals surface area contributed by atoms with E-state index < -0.39 is 4.92 Å². The lowest BCUT2D eigenvalue weighted by Crippen LogP contribution is -2.02. The summed E-state index contributed by atoms with van der Waals surface area (Å²) in [7, 11) is 1.55. The van der Waals surface area contributed by atoms with E-state index in [9.17, 15) is 14.9 Å². The van der Waals surface area contributed by atoms with Crippen LogP contribution in [0.25, 0.3) is 6.08 Å². The molecule has 3 aromatic rings. The third-order valence-corrected chi connectivity index (χ3v) is 5.42. The van der Waals surface area contributed by atoms with E-state index in [2.05, 4.69) is 0 Å². The Morgan fingerprint density at radius 2 is 1.87 bits per heavy atom. The zero-order chi connectivity index (χ0) is 21.7. The molecule has 30 heavy (non-hydrogen) atoms. The van der Waals surface area contributed by atoms with Crippen LogP contribution >= 0.6 is 11.3 Å². The van der Waals surface area contributed by atoms with E-state index in [4.69, 9.17) is 9.47 Å². The zero-order valence-electron chi connectivity index (χ0n) is 16.9. The standard InChI is InChI=1S/C23H21NO5S/c1-15-4-9-22(19(12-15)24(26)27)29-14-18-13-17(7-10-21(18)28-3)6-8-20(25)23-11-5-16(2)30-23/h4-13H,14H2,1-3H3/b8-6+. The summed E-state index contributed by atoms with van der Waals surface area (Å²) in [5.74, 6) is 0.732. The molecule has 0 saturated heterocycles. The molecule has 2 aromatic carbocycles. The number of nitro groups is 1. The molecule has 0 aliphatic heterocycles. The Balaban J connectivity index is 1.79.